The number of carbonyl (C=O) groups is 1. The van der Waals surface area contributed by atoms with Crippen molar-refractivity contribution in [2.45, 2.75) is 33.0 Å². The van der Waals surface area contributed by atoms with Crippen LogP contribution in [0.15, 0.2) is 18.5 Å². The molecule has 0 bridgehead atoms. The minimum Gasteiger partial charge on any atom is -0.383 e. The van der Waals surface area contributed by atoms with Crippen LogP contribution in [-0.4, -0.2) is 48.7 Å². The molecule has 1 aromatic heterocycles. The van der Waals surface area contributed by atoms with Crippen LogP contribution in [0, 0.1) is 0 Å². The Labute approximate surface area is 115 Å². The van der Waals surface area contributed by atoms with Crippen LogP contribution >= 0.6 is 0 Å². The van der Waals surface area contributed by atoms with Crippen LogP contribution in [0.3, 0.4) is 0 Å². The first-order valence-corrected chi connectivity index (χ1v) is 6.64. The fourth-order valence-corrected chi connectivity index (χ4v) is 1.66. The van der Waals surface area contributed by atoms with Crippen LogP contribution in [0.5, 0.6) is 0 Å². The van der Waals surface area contributed by atoms with Gasteiger partial charge in [-0.15, -0.1) is 0 Å². The van der Waals surface area contributed by atoms with E-state index >= 15 is 0 Å². The van der Waals surface area contributed by atoms with E-state index in [0.717, 1.165) is 13.1 Å². The Morgan fingerprint density at radius 3 is 2.89 bits per heavy atom. The molecule has 0 saturated heterocycles. The van der Waals surface area contributed by atoms with Gasteiger partial charge in [0.2, 0.25) is 5.91 Å². The second kappa shape index (κ2) is 7.96. The maximum absolute atomic E-state index is 11.9. The summed E-state index contributed by atoms with van der Waals surface area (Å²) in [6, 6.07) is 2.26. The number of rotatable bonds is 8. The fourth-order valence-electron chi connectivity index (χ4n) is 1.66. The zero-order valence-corrected chi connectivity index (χ0v) is 12.3. The van der Waals surface area contributed by atoms with Crippen molar-refractivity contribution in [3.05, 3.63) is 24.0 Å². The molecule has 1 amide bonds. The van der Waals surface area contributed by atoms with Gasteiger partial charge in [-0.25, -0.2) is 0 Å². The Kier molecular flexibility index (Phi) is 6.59. The summed E-state index contributed by atoms with van der Waals surface area (Å²) in [4.78, 5) is 13.7. The summed E-state index contributed by atoms with van der Waals surface area (Å²) < 4.78 is 6.89. The second-order valence-electron chi connectivity index (χ2n) is 4.96. The van der Waals surface area contributed by atoms with Crippen molar-refractivity contribution in [3.63, 3.8) is 0 Å². The van der Waals surface area contributed by atoms with Gasteiger partial charge in [0.15, 0.2) is 0 Å². The van der Waals surface area contributed by atoms with Gasteiger partial charge in [0.1, 0.15) is 6.54 Å². The monoisotopic (exact) mass is 267 g/mol. The topological polar surface area (TPSA) is 46.5 Å². The highest BCUT2D eigenvalue weighted by Crippen LogP contribution is 2.03. The number of aromatic nitrogens is 1. The van der Waals surface area contributed by atoms with Gasteiger partial charge in [-0.3, -0.25) is 4.79 Å². The first kappa shape index (κ1) is 15.7. The average Bonchev–Trinajstić information content (AvgIpc) is 2.81. The SMILES string of the molecule is COCCNCc1ccn(CC(=O)N(C)C(C)C)c1. The van der Waals surface area contributed by atoms with Crippen molar-refractivity contribution < 1.29 is 9.53 Å². The number of nitrogens with zero attached hydrogens (tertiary/aromatic N) is 2. The number of amides is 1. The Morgan fingerprint density at radius 2 is 2.26 bits per heavy atom. The Hall–Kier alpha value is -1.33. The normalized spacial score (nSPS) is 11.0. The molecule has 0 spiro atoms. The second-order valence-corrected chi connectivity index (χ2v) is 4.96. The van der Waals surface area contributed by atoms with Crippen LogP contribution < -0.4 is 5.32 Å². The average molecular weight is 267 g/mol. The van der Waals surface area contributed by atoms with E-state index in [1.165, 1.54) is 5.56 Å². The molecule has 1 heterocycles. The number of hydrogen-bond donors (Lipinski definition) is 1. The third-order valence-electron chi connectivity index (χ3n) is 3.11. The molecule has 0 unspecified atom stereocenters. The molecule has 0 aliphatic carbocycles. The molecule has 0 radical (unpaired) electrons. The maximum Gasteiger partial charge on any atom is 0.242 e. The Balaban J connectivity index is 2.40. The molecule has 0 aromatic carbocycles. The number of likely N-dealkylation sites (N-methyl/N-ethyl adjacent to an activating group) is 1. The summed E-state index contributed by atoms with van der Waals surface area (Å²) >= 11 is 0. The van der Waals surface area contributed by atoms with Gasteiger partial charge in [-0.1, -0.05) is 0 Å². The van der Waals surface area contributed by atoms with E-state index in [0.29, 0.717) is 13.2 Å². The lowest BCUT2D eigenvalue weighted by atomic mass is 10.3. The predicted molar refractivity (Wildman–Crippen MR) is 75.9 cm³/mol. The van der Waals surface area contributed by atoms with E-state index in [1.54, 1.807) is 12.0 Å². The van der Waals surface area contributed by atoms with Crippen molar-refractivity contribution in [2.24, 2.45) is 0 Å². The van der Waals surface area contributed by atoms with Gasteiger partial charge in [-0.2, -0.15) is 0 Å². The minimum atomic E-state index is 0.129. The lowest BCUT2D eigenvalue weighted by Gasteiger charge is -2.21. The zero-order chi connectivity index (χ0) is 14.3. The molecule has 19 heavy (non-hydrogen) atoms. The number of methoxy groups -OCH3 is 1. The van der Waals surface area contributed by atoms with Gasteiger partial charge in [0.05, 0.1) is 6.61 Å². The van der Waals surface area contributed by atoms with E-state index < -0.39 is 0 Å². The van der Waals surface area contributed by atoms with Crippen LogP contribution in [0.25, 0.3) is 0 Å². The smallest absolute Gasteiger partial charge is 0.242 e. The van der Waals surface area contributed by atoms with Gasteiger partial charge >= 0.3 is 0 Å². The van der Waals surface area contributed by atoms with Crippen molar-refractivity contribution in [1.29, 1.82) is 0 Å². The largest absolute Gasteiger partial charge is 0.383 e. The summed E-state index contributed by atoms with van der Waals surface area (Å²) in [5, 5.41) is 3.28. The number of hydrogen-bond acceptors (Lipinski definition) is 3. The highest BCUT2D eigenvalue weighted by molar-refractivity contribution is 5.76. The van der Waals surface area contributed by atoms with E-state index in [1.807, 2.05) is 43.9 Å². The van der Waals surface area contributed by atoms with E-state index in [4.69, 9.17) is 4.74 Å². The summed E-state index contributed by atoms with van der Waals surface area (Å²) in [6.07, 6.45) is 3.95. The van der Waals surface area contributed by atoms with E-state index in [9.17, 15) is 4.79 Å². The van der Waals surface area contributed by atoms with Gasteiger partial charge in [0.25, 0.3) is 0 Å². The van der Waals surface area contributed by atoms with Crippen molar-refractivity contribution in [1.82, 2.24) is 14.8 Å². The van der Waals surface area contributed by atoms with Gasteiger partial charge in [-0.05, 0) is 25.5 Å². The molecule has 1 N–H and O–H groups in total. The van der Waals surface area contributed by atoms with Gasteiger partial charge < -0.3 is 19.5 Å². The Morgan fingerprint density at radius 1 is 1.53 bits per heavy atom. The molecule has 108 valence electrons. The molecule has 5 heteroatoms. The number of nitrogens with one attached hydrogen (secondary N) is 1. The molecule has 0 aliphatic heterocycles. The molecule has 0 fully saturated rings. The highest BCUT2D eigenvalue weighted by Gasteiger charge is 2.12. The first-order chi connectivity index (χ1) is 9.04. The molecule has 5 nitrogen and oxygen atoms in total. The minimum absolute atomic E-state index is 0.129. The molecule has 1 rings (SSSR count). The van der Waals surface area contributed by atoms with E-state index in [-0.39, 0.29) is 11.9 Å². The molecular weight excluding hydrogens is 242 g/mol. The molecular formula is C14H25N3O2. The van der Waals surface area contributed by atoms with Crippen molar-refractivity contribution in [2.75, 3.05) is 27.3 Å². The summed E-state index contributed by atoms with van der Waals surface area (Å²) in [5.41, 5.74) is 1.18. The van der Waals surface area contributed by atoms with Crippen LogP contribution in [0.2, 0.25) is 0 Å². The van der Waals surface area contributed by atoms with Crippen molar-refractivity contribution >= 4 is 5.91 Å². The lowest BCUT2D eigenvalue weighted by molar-refractivity contribution is -0.131. The molecule has 0 saturated carbocycles. The standard InChI is InChI=1S/C14H25N3O2/c1-12(2)16(3)14(18)11-17-7-5-13(10-17)9-15-6-8-19-4/h5,7,10,12,15H,6,8-9,11H2,1-4H3. The summed E-state index contributed by atoms with van der Waals surface area (Å²) in [7, 11) is 3.53. The highest BCUT2D eigenvalue weighted by atomic mass is 16.5. The maximum atomic E-state index is 11.9. The fraction of sp³-hybridized carbons (Fsp3) is 0.643. The number of ether oxygens (including phenoxy) is 1. The Bertz CT molecular complexity index is 388. The summed E-state index contributed by atoms with van der Waals surface area (Å²) in [6.45, 7) is 6.75. The lowest BCUT2D eigenvalue weighted by Crippen LogP contribution is -2.35. The van der Waals surface area contributed by atoms with E-state index in [2.05, 4.69) is 5.32 Å². The third-order valence-corrected chi connectivity index (χ3v) is 3.11. The molecule has 1 aromatic rings. The molecule has 0 atom stereocenters. The summed E-state index contributed by atoms with van der Waals surface area (Å²) in [5.74, 6) is 0.129. The third kappa shape index (κ3) is 5.44. The van der Waals surface area contributed by atoms with Crippen molar-refractivity contribution in [3.8, 4) is 0 Å². The predicted octanol–water partition coefficient (Wildman–Crippen LogP) is 1.09. The van der Waals surface area contributed by atoms with Crippen LogP contribution in [0.1, 0.15) is 19.4 Å². The van der Waals surface area contributed by atoms with Crippen LogP contribution in [-0.2, 0) is 22.6 Å². The quantitative estimate of drug-likeness (QED) is 0.717. The zero-order valence-electron chi connectivity index (χ0n) is 12.3. The first-order valence-electron chi connectivity index (χ1n) is 6.64. The number of carbonyl (C=O) groups excluding carboxylic acids is 1. The molecule has 0 aliphatic rings. The van der Waals surface area contributed by atoms with Gasteiger partial charge in [0, 0.05) is 45.7 Å². The van der Waals surface area contributed by atoms with Crippen LogP contribution in [0.4, 0.5) is 0 Å².